The summed E-state index contributed by atoms with van der Waals surface area (Å²) in [4.78, 5) is 18.3. The van der Waals surface area contributed by atoms with E-state index in [1.807, 2.05) is 4.90 Å². The van der Waals surface area contributed by atoms with Gasteiger partial charge in [0, 0.05) is 18.8 Å². The van der Waals surface area contributed by atoms with Gasteiger partial charge in [-0.2, -0.15) is 0 Å². The van der Waals surface area contributed by atoms with Crippen LogP contribution in [0.5, 0.6) is 0 Å². The normalized spacial score (nSPS) is 20.1. The predicted molar refractivity (Wildman–Crippen MR) is 66.4 cm³/mol. The molecule has 1 aliphatic heterocycles. The summed E-state index contributed by atoms with van der Waals surface area (Å²) >= 11 is 0. The highest BCUT2D eigenvalue weighted by molar-refractivity contribution is 5.98. The minimum absolute atomic E-state index is 0.0123. The Balaban J connectivity index is 2.23. The Morgan fingerprint density at radius 3 is 3.12 bits per heavy atom. The van der Waals surface area contributed by atoms with Gasteiger partial charge in [0.25, 0.3) is 5.91 Å². The lowest BCUT2D eigenvalue weighted by atomic mass is 10.0. The molecule has 1 aromatic heterocycles. The lowest BCUT2D eigenvalue weighted by Crippen LogP contribution is -2.42. The Morgan fingerprint density at radius 2 is 2.41 bits per heavy atom. The molecule has 2 heterocycles. The second-order valence-corrected chi connectivity index (χ2v) is 4.39. The van der Waals surface area contributed by atoms with Gasteiger partial charge < -0.3 is 10.3 Å². The molecule has 2 rings (SSSR count). The van der Waals surface area contributed by atoms with Gasteiger partial charge in [0.15, 0.2) is 5.82 Å². The topological polar surface area (TPSA) is 71.2 Å². The summed E-state index contributed by atoms with van der Waals surface area (Å²) in [6, 6.07) is 3.80. The molecule has 1 fully saturated rings. The zero-order valence-electron chi connectivity index (χ0n) is 10.0. The number of nitrogen functional groups attached to an aromatic ring is 1. The van der Waals surface area contributed by atoms with Crippen molar-refractivity contribution in [1.29, 1.82) is 0 Å². The number of hydrazine groups is 1. The molecule has 0 aromatic carbocycles. The molecule has 3 N–H and O–H groups in total. The number of aromatic nitrogens is 1. The molecule has 1 saturated heterocycles. The van der Waals surface area contributed by atoms with Gasteiger partial charge in [-0.25, -0.2) is 10.8 Å². The van der Waals surface area contributed by atoms with Crippen LogP contribution in [0, 0.1) is 0 Å². The van der Waals surface area contributed by atoms with Crippen LogP contribution >= 0.6 is 0 Å². The van der Waals surface area contributed by atoms with Gasteiger partial charge in [-0.15, -0.1) is 0 Å². The summed E-state index contributed by atoms with van der Waals surface area (Å²) in [7, 11) is 0. The number of hydrogen-bond donors (Lipinski definition) is 2. The molecule has 1 atom stereocenters. The molecule has 0 saturated carbocycles. The summed E-state index contributed by atoms with van der Waals surface area (Å²) in [6.45, 7) is 2.90. The van der Waals surface area contributed by atoms with E-state index in [1.54, 1.807) is 18.3 Å². The highest BCUT2D eigenvalue weighted by Gasteiger charge is 2.25. The van der Waals surface area contributed by atoms with Crippen molar-refractivity contribution >= 4 is 11.7 Å². The number of anilines is 1. The second kappa shape index (κ2) is 5.14. The van der Waals surface area contributed by atoms with E-state index in [2.05, 4.69) is 17.3 Å². The third-order valence-corrected chi connectivity index (χ3v) is 3.24. The zero-order valence-corrected chi connectivity index (χ0v) is 10.0. The number of pyridine rings is 1. The highest BCUT2D eigenvalue weighted by Crippen LogP contribution is 2.21. The predicted octanol–water partition coefficient (Wildman–Crippen LogP) is 1.38. The number of piperidine rings is 1. The number of hydrogen-bond acceptors (Lipinski definition) is 4. The summed E-state index contributed by atoms with van der Waals surface area (Å²) in [5.74, 6) is 5.82. The molecule has 0 radical (unpaired) electrons. The van der Waals surface area contributed by atoms with E-state index in [-0.39, 0.29) is 5.91 Å². The molecule has 1 aliphatic rings. The molecule has 5 nitrogen and oxygen atoms in total. The maximum atomic E-state index is 12.4. The fourth-order valence-corrected chi connectivity index (χ4v) is 2.25. The van der Waals surface area contributed by atoms with E-state index >= 15 is 0 Å². The van der Waals surface area contributed by atoms with E-state index in [1.165, 1.54) is 6.42 Å². The fraction of sp³-hybridized carbons (Fsp3) is 0.500. The number of carbonyl (C=O) groups excluding carboxylic acids is 1. The van der Waals surface area contributed by atoms with Gasteiger partial charge in [0.2, 0.25) is 0 Å². The van der Waals surface area contributed by atoms with Crippen LogP contribution in [0.25, 0.3) is 0 Å². The largest absolute Gasteiger partial charge is 0.336 e. The van der Waals surface area contributed by atoms with Crippen LogP contribution in [0.1, 0.15) is 36.5 Å². The van der Waals surface area contributed by atoms with Gasteiger partial charge in [0.1, 0.15) is 0 Å². The summed E-state index contributed by atoms with van der Waals surface area (Å²) in [6.07, 6.45) is 4.95. The standard InChI is InChI=1S/C12H18N4O/c1-9-5-2-3-8-16(9)12(17)10-6-4-7-14-11(10)15-13/h4,6-7,9H,2-3,5,8,13H2,1H3,(H,14,15). The first-order valence-corrected chi connectivity index (χ1v) is 5.96. The lowest BCUT2D eigenvalue weighted by molar-refractivity contribution is 0.0636. The number of carbonyl (C=O) groups is 1. The molecule has 17 heavy (non-hydrogen) atoms. The van der Waals surface area contributed by atoms with Crippen molar-refractivity contribution in [2.75, 3.05) is 12.0 Å². The lowest BCUT2D eigenvalue weighted by Gasteiger charge is -2.33. The Labute approximate surface area is 101 Å². The SMILES string of the molecule is CC1CCCCN1C(=O)c1cccnc1NN. The van der Waals surface area contributed by atoms with Crippen molar-refractivity contribution in [3.63, 3.8) is 0 Å². The minimum atomic E-state index is 0.0123. The monoisotopic (exact) mass is 234 g/mol. The van der Waals surface area contributed by atoms with Crippen molar-refractivity contribution in [3.05, 3.63) is 23.9 Å². The Kier molecular flexibility index (Phi) is 3.58. The maximum Gasteiger partial charge on any atom is 0.257 e. The molecular weight excluding hydrogens is 216 g/mol. The van der Waals surface area contributed by atoms with E-state index in [0.29, 0.717) is 17.4 Å². The molecule has 92 valence electrons. The average molecular weight is 234 g/mol. The van der Waals surface area contributed by atoms with Gasteiger partial charge in [-0.1, -0.05) is 0 Å². The number of amides is 1. The fourth-order valence-electron chi connectivity index (χ4n) is 2.25. The molecular formula is C12H18N4O. The molecule has 1 unspecified atom stereocenters. The van der Waals surface area contributed by atoms with Crippen molar-refractivity contribution in [2.45, 2.75) is 32.2 Å². The molecule has 0 bridgehead atoms. The van der Waals surface area contributed by atoms with Crippen LogP contribution < -0.4 is 11.3 Å². The van der Waals surface area contributed by atoms with Crippen molar-refractivity contribution in [1.82, 2.24) is 9.88 Å². The summed E-state index contributed by atoms with van der Waals surface area (Å²) < 4.78 is 0. The first-order chi connectivity index (χ1) is 8.24. The van der Waals surface area contributed by atoms with Gasteiger partial charge in [0.05, 0.1) is 5.56 Å². The van der Waals surface area contributed by atoms with Crippen LogP contribution in [0.3, 0.4) is 0 Å². The first-order valence-electron chi connectivity index (χ1n) is 5.96. The third kappa shape index (κ3) is 2.39. The van der Waals surface area contributed by atoms with Crippen LogP contribution in [0.2, 0.25) is 0 Å². The number of nitrogens with one attached hydrogen (secondary N) is 1. The summed E-state index contributed by atoms with van der Waals surface area (Å²) in [5, 5.41) is 0. The van der Waals surface area contributed by atoms with Crippen LogP contribution in [-0.2, 0) is 0 Å². The van der Waals surface area contributed by atoms with E-state index in [9.17, 15) is 4.79 Å². The van der Waals surface area contributed by atoms with Crippen LogP contribution in [-0.4, -0.2) is 28.4 Å². The highest BCUT2D eigenvalue weighted by atomic mass is 16.2. The van der Waals surface area contributed by atoms with Crippen LogP contribution in [0.15, 0.2) is 18.3 Å². The first kappa shape index (κ1) is 11.9. The van der Waals surface area contributed by atoms with Crippen LogP contribution in [0.4, 0.5) is 5.82 Å². The van der Waals surface area contributed by atoms with Gasteiger partial charge >= 0.3 is 0 Å². The molecule has 0 spiro atoms. The van der Waals surface area contributed by atoms with E-state index in [0.717, 1.165) is 19.4 Å². The van der Waals surface area contributed by atoms with E-state index in [4.69, 9.17) is 5.84 Å². The van der Waals surface area contributed by atoms with Crippen molar-refractivity contribution < 1.29 is 4.79 Å². The second-order valence-electron chi connectivity index (χ2n) is 4.39. The Hall–Kier alpha value is -1.62. The van der Waals surface area contributed by atoms with Gasteiger partial charge in [-0.05, 0) is 38.3 Å². The molecule has 0 aliphatic carbocycles. The smallest absolute Gasteiger partial charge is 0.257 e. The van der Waals surface area contributed by atoms with Crippen molar-refractivity contribution in [3.8, 4) is 0 Å². The zero-order chi connectivity index (χ0) is 12.3. The van der Waals surface area contributed by atoms with Gasteiger partial charge in [-0.3, -0.25) is 4.79 Å². The Morgan fingerprint density at radius 1 is 1.59 bits per heavy atom. The molecule has 1 aromatic rings. The number of nitrogens with two attached hydrogens (primary N) is 1. The Bertz CT molecular complexity index is 407. The summed E-state index contributed by atoms with van der Waals surface area (Å²) in [5.41, 5.74) is 3.02. The molecule has 1 amide bonds. The van der Waals surface area contributed by atoms with Crippen molar-refractivity contribution in [2.24, 2.45) is 5.84 Å². The van der Waals surface area contributed by atoms with E-state index < -0.39 is 0 Å². The minimum Gasteiger partial charge on any atom is -0.336 e. The third-order valence-electron chi connectivity index (χ3n) is 3.24. The maximum absolute atomic E-state index is 12.4. The quantitative estimate of drug-likeness (QED) is 0.599. The average Bonchev–Trinajstić information content (AvgIpc) is 2.38. The number of likely N-dealkylation sites (tertiary alicyclic amines) is 1. The number of rotatable bonds is 2. The number of nitrogens with zero attached hydrogens (tertiary/aromatic N) is 2. The molecule has 5 heteroatoms.